The van der Waals surface area contributed by atoms with E-state index in [4.69, 9.17) is 4.74 Å². The molecular formula is C15H14N4O2. The number of ether oxygens (including phenoxy) is 1. The van der Waals surface area contributed by atoms with Crippen LogP contribution in [0.15, 0.2) is 30.3 Å². The molecule has 0 saturated heterocycles. The van der Waals surface area contributed by atoms with Crippen LogP contribution in [0.4, 0.5) is 0 Å². The van der Waals surface area contributed by atoms with Crippen molar-refractivity contribution in [3.63, 3.8) is 0 Å². The molecule has 0 unspecified atom stereocenters. The smallest absolute Gasteiger partial charge is 0.183 e. The Hall–Kier alpha value is -2.76. The second-order valence-corrected chi connectivity index (χ2v) is 4.72. The summed E-state index contributed by atoms with van der Waals surface area (Å²) in [6.07, 6.45) is 0. The van der Waals surface area contributed by atoms with E-state index >= 15 is 0 Å². The van der Waals surface area contributed by atoms with Crippen molar-refractivity contribution in [3.8, 4) is 11.4 Å². The van der Waals surface area contributed by atoms with Gasteiger partial charge in [-0.25, -0.2) is 4.98 Å². The van der Waals surface area contributed by atoms with Crippen molar-refractivity contribution < 1.29 is 9.53 Å². The van der Waals surface area contributed by atoms with Gasteiger partial charge in [0, 0.05) is 5.56 Å². The van der Waals surface area contributed by atoms with Crippen molar-refractivity contribution in [1.82, 2.24) is 20.0 Å². The number of pyridine rings is 1. The van der Waals surface area contributed by atoms with E-state index in [-0.39, 0.29) is 5.78 Å². The number of methoxy groups -OCH3 is 1. The van der Waals surface area contributed by atoms with Gasteiger partial charge in [-0.15, -0.1) is 5.10 Å². The van der Waals surface area contributed by atoms with E-state index < -0.39 is 0 Å². The molecule has 0 N–H and O–H groups in total. The van der Waals surface area contributed by atoms with Gasteiger partial charge in [-0.3, -0.25) is 4.79 Å². The first-order valence-electron chi connectivity index (χ1n) is 6.48. The molecule has 0 radical (unpaired) electrons. The van der Waals surface area contributed by atoms with E-state index in [9.17, 15) is 4.79 Å². The average Bonchev–Trinajstić information content (AvgIpc) is 2.89. The molecule has 0 aliphatic rings. The highest BCUT2D eigenvalue weighted by atomic mass is 16.5. The van der Waals surface area contributed by atoms with Gasteiger partial charge in [0.05, 0.1) is 18.5 Å². The number of rotatable bonds is 3. The topological polar surface area (TPSA) is 69.9 Å². The highest BCUT2D eigenvalue weighted by molar-refractivity contribution is 5.97. The lowest BCUT2D eigenvalue weighted by molar-refractivity contribution is 0.101. The largest absolute Gasteiger partial charge is 0.497 e. The van der Waals surface area contributed by atoms with Crippen molar-refractivity contribution in [2.75, 3.05) is 7.11 Å². The molecule has 6 nitrogen and oxygen atoms in total. The quantitative estimate of drug-likeness (QED) is 0.689. The zero-order chi connectivity index (χ0) is 15.0. The van der Waals surface area contributed by atoms with Crippen LogP contribution in [0.5, 0.6) is 5.75 Å². The van der Waals surface area contributed by atoms with Gasteiger partial charge in [0.25, 0.3) is 0 Å². The van der Waals surface area contributed by atoms with Crippen molar-refractivity contribution in [3.05, 3.63) is 41.6 Å². The summed E-state index contributed by atoms with van der Waals surface area (Å²) in [5, 5.41) is 8.20. The molecule has 3 rings (SSSR count). The third kappa shape index (κ3) is 2.24. The first-order valence-corrected chi connectivity index (χ1v) is 6.48. The molecule has 0 aliphatic carbocycles. The Morgan fingerprint density at radius 2 is 1.95 bits per heavy atom. The lowest BCUT2D eigenvalue weighted by Gasteiger charge is -2.05. The normalized spacial score (nSPS) is 10.8. The van der Waals surface area contributed by atoms with Crippen LogP contribution in [-0.2, 0) is 0 Å². The number of Topliss-reactive ketones (excluding diaryl/α,β-unsaturated/α-hetero) is 1. The summed E-state index contributed by atoms with van der Waals surface area (Å²) in [6, 6.07) is 9.18. The minimum absolute atomic E-state index is 0.0269. The lowest BCUT2D eigenvalue weighted by atomic mass is 10.1. The number of hydrogen-bond acceptors (Lipinski definition) is 5. The predicted octanol–water partition coefficient (Wildman–Crippen LogP) is 2.34. The lowest BCUT2D eigenvalue weighted by Crippen LogP contribution is -2.02. The van der Waals surface area contributed by atoms with E-state index in [2.05, 4.69) is 15.3 Å². The van der Waals surface area contributed by atoms with Crippen LogP contribution >= 0.6 is 0 Å². The van der Waals surface area contributed by atoms with Crippen LogP contribution in [0.1, 0.15) is 23.0 Å². The van der Waals surface area contributed by atoms with E-state index in [1.54, 1.807) is 17.9 Å². The molecule has 0 amide bonds. The highest BCUT2D eigenvalue weighted by Gasteiger charge is 2.13. The molecule has 0 spiro atoms. The molecule has 3 aromatic rings. The van der Waals surface area contributed by atoms with E-state index in [0.717, 1.165) is 11.4 Å². The number of benzene rings is 1. The molecule has 2 aromatic heterocycles. The van der Waals surface area contributed by atoms with E-state index in [0.29, 0.717) is 22.4 Å². The molecule has 0 saturated carbocycles. The number of fused-ring (bicyclic) bond motifs is 1. The van der Waals surface area contributed by atoms with Crippen LogP contribution in [0.25, 0.3) is 16.9 Å². The van der Waals surface area contributed by atoms with Gasteiger partial charge in [-0.05, 0) is 44.2 Å². The Labute approximate surface area is 121 Å². The summed E-state index contributed by atoms with van der Waals surface area (Å²) in [5.74, 6) is 0.743. The third-order valence-corrected chi connectivity index (χ3v) is 3.31. The number of nitrogens with zero attached hydrogens (tertiary/aromatic N) is 4. The van der Waals surface area contributed by atoms with Crippen LogP contribution in [-0.4, -0.2) is 32.9 Å². The van der Waals surface area contributed by atoms with Crippen molar-refractivity contribution in [2.24, 2.45) is 0 Å². The highest BCUT2D eigenvalue weighted by Crippen LogP contribution is 2.20. The molecule has 1 aromatic carbocycles. The van der Waals surface area contributed by atoms with Crippen LogP contribution in [0, 0.1) is 6.92 Å². The Morgan fingerprint density at radius 3 is 2.57 bits per heavy atom. The van der Waals surface area contributed by atoms with Gasteiger partial charge in [0.2, 0.25) is 0 Å². The summed E-state index contributed by atoms with van der Waals surface area (Å²) >= 11 is 0. The Morgan fingerprint density at radius 1 is 1.24 bits per heavy atom. The summed E-state index contributed by atoms with van der Waals surface area (Å²) in [5.41, 5.74) is 3.31. The minimum atomic E-state index is -0.0269. The number of aryl methyl sites for hydroxylation is 1. The van der Waals surface area contributed by atoms with E-state index in [1.165, 1.54) is 6.92 Å². The molecule has 6 heteroatoms. The number of carbonyl (C=O) groups excluding carboxylic acids is 1. The fourth-order valence-electron chi connectivity index (χ4n) is 2.20. The monoisotopic (exact) mass is 282 g/mol. The van der Waals surface area contributed by atoms with Crippen molar-refractivity contribution in [2.45, 2.75) is 13.8 Å². The third-order valence-electron chi connectivity index (χ3n) is 3.31. The van der Waals surface area contributed by atoms with Crippen LogP contribution in [0.2, 0.25) is 0 Å². The standard InChI is InChI=1S/C15H14N4O2/c1-9-13(10(2)20)8-14-15(16-9)19(18-17-14)11-4-6-12(21-3)7-5-11/h4-8H,1-3H3. The molecule has 106 valence electrons. The van der Waals surface area contributed by atoms with Gasteiger partial charge < -0.3 is 4.74 Å². The number of hydrogen-bond donors (Lipinski definition) is 0. The summed E-state index contributed by atoms with van der Waals surface area (Å²) in [4.78, 5) is 16.0. The fourth-order valence-corrected chi connectivity index (χ4v) is 2.20. The Kier molecular flexibility index (Phi) is 3.13. The van der Waals surface area contributed by atoms with E-state index in [1.807, 2.05) is 31.2 Å². The maximum Gasteiger partial charge on any atom is 0.183 e. The maximum atomic E-state index is 11.5. The second-order valence-electron chi connectivity index (χ2n) is 4.72. The second kappa shape index (κ2) is 4.97. The molecular weight excluding hydrogens is 268 g/mol. The molecule has 2 heterocycles. The van der Waals surface area contributed by atoms with Gasteiger partial charge in [0.1, 0.15) is 11.3 Å². The fraction of sp³-hybridized carbons (Fsp3) is 0.200. The summed E-state index contributed by atoms with van der Waals surface area (Å²) in [7, 11) is 1.62. The summed E-state index contributed by atoms with van der Waals surface area (Å²) in [6.45, 7) is 3.32. The average molecular weight is 282 g/mol. The number of aromatic nitrogens is 4. The first kappa shape index (κ1) is 13.2. The first-order chi connectivity index (χ1) is 10.1. The zero-order valence-electron chi connectivity index (χ0n) is 12.0. The predicted molar refractivity (Wildman–Crippen MR) is 78.0 cm³/mol. The van der Waals surface area contributed by atoms with Crippen molar-refractivity contribution in [1.29, 1.82) is 0 Å². The minimum Gasteiger partial charge on any atom is -0.497 e. The van der Waals surface area contributed by atoms with Gasteiger partial charge >= 0.3 is 0 Å². The molecule has 0 fully saturated rings. The molecule has 0 aliphatic heterocycles. The molecule has 0 atom stereocenters. The Bertz CT molecular complexity index is 822. The van der Waals surface area contributed by atoms with Gasteiger partial charge in [0.15, 0.2) is 11.4 Å². The van der Waals surface area contributed by atoms with Gasteiger partial charge in [-0.2, -0.15) is 4.68 Å². The SMILES string of the molecule is COc1ccc(-n2nnc3cc(C(C)=O)c(C)nc32)cc1. The van der Waals surface area contributed by atoms with Crippen molar-refractivity contribution >= 4 is 16.9 Å². The maximum absolute atomic E-state index is 11.5. The van der Waals surface area contributed by atoms with Gasteiger partial charge in [-0.1, -0.05) is 5.21 Å². The number of carbonyl (C=O) groups is 1. The van der Waals surface area contributed by atoms with Crippen LogP contribution < -0.4 is 4.74 Å². The van der Waals surface area contributed by atoms with Crippen LogP contribution in [0.3, 0.4) is 0 Å². The zero-order valence-corrected chi connectivity index (χ0v) is 12.0. The number of ketones is 1. The Balaban J connectivity index is 2.15. The molecule has 0 bridgehead atoms. The molecule has 21 heavy (non-hydrogen) atoms. The summed E-state index contributed by atoms with van der Waals surface area (Å²) < 4.78 is 6.78.